The standard InChI is InChI=1S/C8H17O4P/c1-4-7(10)8(6(3)9)12-13(11)5-2/h5-10H,4H2,1-3H3. The Hall–Kier alpha value is 0.01000. The number of rotatable bonds is 5. The van der Waals surface area contributed by atoms with Crippen LogP contribution in [0.25, 0.3) is 0 Å². The summed E-state index contributed by atoms with van der Waals surface area (Å²) in [7, 11) is -1.88. The molecule has 4 nitrogen and oxygen atoms in total. The van der Waals surface area contributed by atoms with E-state index in [-0.39, 0.29) is 0 Å². The zero-order valence-corrected chi connectivity index (χ0v) is 9.07. The van der Waals surface area contributed by atoms with E-state index in [0.717, 1.165) is 0 Å². The van der Waals surface area contributed by atoms with Crippen LogP contribution in [0.3, 0.4) is 0 Å². The van der Waals surface area contributed by atoms with Crippen molar-refractivity contribution in [3.63, 3.8) is 0 Å². The summed E-state index contributed by atoms with van der Waals surface area (Å²) in [5.41, 5.74) is 0. The predicted octanol–water partition coefficient (Wildman–Crippen LogP) is 0.0176. The fourth-order valence-corrected chi connectivity index (χ4v) is 1.57. The molecule has 0 aliphatic rings. The van der Waals surface area contributed by atoms with Crippen molar-refractivity contribution in [1.29, 1.82) is 0 Å². The predicted molar refractivity (Wildman–Crippen MR) is 51.5 cm³/mol. The van der Waals surface area contributed by atoms with Crippen molar-refractivity contribution in [2.24, 2.45) is 0 Å². The molecule has 0 saturated heterocycles. The van der Waals surface area contributed by atoms with Crippen LogP contribution in [-0.4, -0.2) is 34.3 Å². The van der Waals surface area contributed by atoms with Crippen LogP contribution in [0, 0.1) is 0 Å². The van der Waals surface area contributed by atoms with Gasteiger partial charge in [0.2, 0.25) is 8.00 Å². The lowest BCUT2D eigenvalue weighted by Crippen LogP contribution is -2.36. The summed E-state index contributed by atoms with van der Waals surface area (Å²) in [6, 6.07) is 0. The van der Waals surface area contributed by atoms with E-state index in [1.807, 2.05) is 0 Å². The molecule has 13 heavy (non-hydrogen) atoms. The maximum atomic E-state index is 11.0. The summed E-state index contributed by atoms with van der Waals surface area (Å²) in [6.07, 6.45) is -1.92. The van der Waals surface area contributed by atoms with Gasteiger partial charge >= 0.3 is 0 Å². The Kier molecular flexibility index (Phi) is 6.47. The van der Waals surface area contributed by atoms with Crippen molar-refractivity contribution < 1.29 is 19.6 Å². The fraction of sp³-hybridized carbons (Fsp3) is 0.875. The van der Waals surface area contributed by atoms with E-state index in [1.54, 1.807) is 13.8 Å². The number of hydrogen-bond acceptors (Lipinski definition) is 4. The molecule has 0 rings (SSSR count). The largest absolute Gasteiger partial charge is 0.603 e. The molecule has 0 heterocycles. The second-order valence-corrected chi connectivity index (χ2v) is 4.13. The van der Waals surface area contributed by atoms with Crippen LogP contribution >= 0.6 is 8.00 Å². The van der Waals surface area contributed by atoms with Crippen LogP contribution in [0.15, 0.2) is 0 Å². The smallest absolute Gasteiger partial charge is 0.217 e. The summed E-state index contributed by atoms with van der Waals surface area (Å²) in [5.74, 6) is 1.40. The third kappa shape index (κ3) is 4.69. The first kappa shape index (κ1) is 13.0. The molecule has 0 aromatic carbocycles. The SMILES string of the molecule is CC=[P+]([O-])OC(C(C)O)C(O)CC. The molecule has 0 bridgehead atoms. The highest BCUT2D eigenvalue weighted by Crippen LogP contribution is 2.20. The first-order valence-corrected chi connectivity index (χ1v) is 5.56. The molecule has 78 valence electrons. The van der Waals surface area contributed by atoms with E-state index in [9.17, 15) is 15.1 Å². The summed E-state index contributed by atoms with van der Waals surface area (Å²) in [4.78, 5) is 11.0. The third-order valence-corrected chi connectivity index (χ3v) is 2.58. The molecular weight excluding hydrogens is 191 g/mol. The molecule has 5 heteroatoms. The highest BCUT2D eigenvalue weighted by atomic mass is 31.1. The van der Waals surface area contributed by atoms with Gasteiger partial charge in [-0.25, -0.2) is 0 Å². The van der Waals surface area contributed by atoms with E-state index in [4.69, 9.17) is 4.52 Å². The molecule has 0 aliphatic heterocycles. The molecule has 0 radical (unpaired) electrons. The average molecular weight is 208 g/mol. The molecule has 0 aromatic rings. The lowest BCUT2D eigenvalue weighted by molar-refractivity contribution is -0.183. The van der Waals surface area contributed by atoms with Crippen LogP contribution < -0.4 is 4.89 Å². The maximum absolute atomic E-state index is 11.0. The van der Waals surface area contributed by atoms with Crippen LogP contribution in [0.4, 0.5) is 0 Å². The molecule has 2 N–H and O–H groups in total. The molecular formula is C8H17O4P. The van der Waals surface area contributed by atoms with Crippen LogP contribution in [-0.2, 0) is 4.52 Å². The zero-order chi connectivity index (χ0) is 10.4. The normalized spacial score (nSPS) is 19.7. The van der Waals surface area contributed by atoms with Crippen molar-refractivity contribution in [1.82, 2.24) is 0 Å². The van der Waals surface area contributed by atoms with Gasteiger partial charge in [-0.15, -0.1) is 0 Å². The van der Waals surface area contributed by atoms with Gasteiger partial charge in [-0.3, -0.25) is 0 Å². The average Bonchev–Trinajstić information content (AvgIpc) is 2.11. The minimum Gasteiger partial charge on any atom is -0.603 e. The second kappa shape index (κ2) is 6.46. The second-order valence-electron chi connectivity index (χ2n) is 2.83. The molecule has 0 amide bonds. The Morgan fingerprint density at radius 2 is 2.08 bits per heavy atom. The summed E-state index contributed by atoms with van der Waals surface area (Å²) in [6.45, 7) is 4.88. The van der Waals surface area contributed by atoms with E-state index in [0.29, 0.717) is 6.42 Å². The lowest BCUT2D eigenvalue weighted by Gasteiger charge is -2.21. The van der Waals surface area contributed by atoms with E-state index in [2.05, 4.69) is 0 Å². The van der Waals surface area contributed by atoms with E-state index < -0.39 is 26.3 Å². The summed E-state index contributed by atoms with van der Waals surface area (Å²) < 4.78 is 4.97. The van der Waals surface area contributed by atoms with Crippen molar-refractivity contribution >= 4 is 13.8 Å². The summed E-state index contributed by atoms with van der Waals surface area (Å²) in [5, 5.41) is 18.6. The van der Waals surface area contributed by atoms with Crippen molar-refractivity contribution in [2.45, 2.75) is 45.5 Å². The molecule has 4 unspecified atom stereocenters. The van der Waals surface area contributed by atoms with Gasteiger partial charge < -0.3 is 15.1 Å². The third-order valence-electron chi connectivity index (χ3n) is 1.71. The highest BCUT2D eigenvalue weighted by Gasteiger charge is 2.27. The minimum atomic E-state index is -1.88. The Labute approximate surface area is 79.7 Å². The van der Waals surface area contributed by atoms with Gasteiger partial charge in [-0.2, -0.15) is 4.52 Å². The fourth-order valence-electron chi connectivity index (χ4n) is 0.893. The quantitative estimate of drug-likeness (QED) is 0.624. The maximum Gasteiger partial charge on any atom is 0.217 e. The van der Waals surface area contributed by atoms with E-state index >= 15 is 0 Å². The summed E-state index contributed by atoms with van der Waals surface area (Å²) >= 11 is 0. The van der Waals surface area contributed by atoms with E-state index in [1.165, 1.54) is 12.7 Å². The topological polar surface area (TPSA) is 72.8 Å². The van der Waals surface area contributed by atoms with Crippen LogP contribution in [0.5, 0.6) is 0 Å². The van der Waals surface area contributed by atoms with Crippen LogP contribution in [0.2, 0.25) is 0 Å². The number of hydrogen-bond donors (Lipinski definition) is 2. The van der Waals surface area contributed by atoms with Gasteiger partial charge in [-0.1, -0.05) is 6.92 Å². The molecule has 4 atom stereocenters. The molecule has 0 spiro atoms. The Morgan fingerprint density at radius 1 is 1.54 bits per heavy atom. The van der Waals surface area contributed by atoms with Crippen LogP contribution in [0.1, 0.15) is 27.2 Å². The van der Waals surface area contributed by atoms with Gasteiger partial charge in [0.1, 0.15) is 5.80 Å². The van der Waals surface area contributed by atoms with Gasteiger partial charge in [0, 0.05) is 0 Å². The first-order chi connectivity index (χ1) is 6.02. The van der Waals surface area contributed by atoms with Gasteiger partial charge in [0.25, 0.3) is 0 Å². The highest BCUT2D eigenvalue weighted by molar-refractivity contribution is 7.44. The van der Waals surface area contributed by atoms with Gasteiger partial charge in [0.05, 0.1) is 12.2 Å². The number of aliphatic hydroxyl groups is 2. The molecule has 0 aliphatic carbocycles. The monoisotopic (exact) mass is 208 g/mol. The number of aliphatic hydroxyl groups excluding tert-OH is 2. The Morgan fingerprint density at radius 3 is 2.38 bits per heavy atom. The Bertz CT molecular complexity index is 170. The van der Waals surface area contributed by atoms with Gasteiger partial charge in [-0.05, 0) is 20.3 Å². The van der Waals surface area contributed by atoms with Crippen molar-refractivity contribution in [2.75, 3.05) is 0 Å². The Balaban J connectivity index is 4.26. The molecule has 0 aromatic heterocycles. The first-order valence-electron chi connectivity index (χ1n) is 4.31. The molecule has 0 saturated carbocycles. The van der Waals surface area contributed by atoms with Crippen molar-refractivity contribution in [3.05, 3.63) is 0 Å². The van der Waals surface area contributed by atoms with Gasteiger partial charge in [0.15, 0.2) is 6.10 Å². The minimum absolute atomic E-state index is 0.461. The zero-order valence-electron chi connectivity index (χ0n) is 8.17. The lowest BCUT2D eigenvalue weighted by atomic mass is 10.1. The van der Waals surface area contributed by atoms with Crippen molar-refractivity contribution in [3.8, 4) is 0 Å². The molecule has 0 fully saturated rings.